The topological polar surface area (TPSA) is 46.5 Å². The van der Waals surface area contributed by atoms with Gasteiger partial charge >= 0.3 is 5.97 Å². The molecule has 0 saturated carbocycles. The number of aliphatic hydroxyl groups is 1. The van der Waals surface area contributed by atoms with Crippen LogP contribution in [-0.2, 0) is 9.53 Å². The molecule has 27 heavy (non-hydrogen) atoms. The highest BCUT2D eigenvalue weighted by atomic mass is 16.5. The van der Waals surface area contributed by atoms with Gasteiger partial charge in [-0.3, -0.25) is 4.79 Å². The Bertz CT molecular complexity index is 387. The summed E-state index contributed by atoms with van der Waals surface area (Å²) in [5.41, 5.74) is 1.37. The van der Waals surface area contributed by atoms with Crippen LogP contribution in [0.2, 0.25) is 0 Å². The van der Waals surface area contributed by atoms with Crippen molar-refractivity contribution < 1.29 is 14.6 Å². The normalized spacial score (nSPS) is 14.4. The highest BCUT2D eigenvalue weighted by Gasteiger charge is 2.07. The Morgan fingerprint density at radius 2 is 1.44 bits per heavy atom. The molecule has 2 atom stereocenters. The van der Waals surface area contributed by atoms with Crippen molar-refractivity contribution in [2.24, 2.45) is 17.8 Å². The Labute approximate surface area is 169 Å². The molecule has 3 heteroatoms. The Balaban J connectivity index is 3.67. The molecule has 0 aliphatic heterocycles. The number of hydrogen-bond acceptors (Lipinski definition) is 3. The molecule has 0 aromatic heterocycles. The van der Waals surface area contributed by atoms with E-state index in [1.165, 1.54) is 56.9 Å². The van der Waals surface area contributed by atoms with Crippen molar-refractivity contribution in [1.82, 2.24) is 0 Å². The van der Waals surface area contributed by atoms with Crippen LogP contribution in [-0.4, -0.2) is 24.3 Å². The standard InChI is InChI=1S/C24H46O3/c1-20(2)10-6-11-21(3)12-7-13-22(4)14-8-15-23(5)16-9-17-24(26)27-19-18-25/h16,20-22,25H,6-15,17-19H2,1-5H3/b23-16+. The minimum absolute atomic E-state index is 0.101. The number of carbonyl (C=O) groups excluding carboxylic acids is 1. The molecule has 0 amide bonds. The summed E-state index contributed by atoms with van der Waals surface area (Å²) in [6, 6.07) is 0. The second-order valence-corrected chi connectivity index (χ2v) is 8.89. The van der Waals surface area contributed by atoms with Crippen LogP contribution < -0.4 is 0 Å². The van der Waals surface area contributed by atoms with Gasteiger partial charge in [0.15, 0.2) is 0 Å². The van der Waals surface area contributed by atoms with Gasteiger partial charge in [-0.15, -0.1) is 0 Å². The van der Waals surface area contributed by atoms with E-state index < -0.39 is 0 Å². The predicted octanol–water partition coefficient (Wildman–Crippen LogP) is 6.69. The minimum Gasteiger partial charge on any atom is -0.463 e. The molecule has 0 fully saturated rings. The SMILES string of the molecule is C/C(=C\CCC(=O)OCCO)CCCC(C)CCCC(C)CCCC(C)C. The van der Waals surface area contributed by atoms with Crippen LogP contribution >= 0.6 is 0 Å². The summed E-state index contributed by atoms with van der Waals surface area (Å²) in [4.78, 5) is 11.4. The van der Waals surface area contributed by atoms with E-state index in [9.17, 15) is 4.79 Å². The summed E-state index contributed by atoms with van der Waals surface area (Å²) in [7, 11) is 0. The van der Waals surface area contributed by atoms with Crippen molar-refractivity contribution in [3.8, 4) is 0 Å². The lowest BCUT2D eigenvalue weighted by Gasteiger charge is -2.15. The van der Waals surface area contributed by atoms with Gasteiger partial charge in [0.2, 0.25) is 0 Å². The average molecular weight is 383 g/mol. The first-order chi connectivity index (χ1) is 12.8. The maximum Gasteiger partial charge on any atom is 0.306 e. The molecule has 160 valence electrons. The summed E-state index contributed by atoms with van der Waals surface area (Å²) >= 11 is 0. The summed E-state index contributed by atoms with van der Waals surface area (Å²) in [6.07, 6.45) is 15.2. The quantitative estimate of drug-likeness (QED) is 0.225. The molecular formula is C24H46O3. The van der Waals surface area contributed by atoms with E-state index in [0.717, 1.165) is 30.6 Å². The van der Waals surface area contributed by atoms with Gasteiger partial charge in [0.05, 0.1) is 6.61 Å². The Kier molecular flexibility index (Phi) is 16.7. The second-order valence-electron chi connectivity index (χ2n) is 8.89. The molecule has 3 nitrogen and oxygen atoms in total. The maximum absolute atomic E-state index is 11.4. The van der Waals surface area contributed by atoms with Crippen LogP contribution in [0.3, 0.4) is 0 Å². The highest BCUT2D eigenvalue weighted by Crippen LogP contribution is 2.22. The first-order valence-corrected chi connectivity index (χ1v) is 11.3. The van der Waals surface area contributed by atoms with Crippen LogP contribution in [0.5, 0.6) is 0 Å². The molecule has 0 heterocycles. The Morgan fingerprint density at radius 3 is 2.00 bits per heavy atom. The molecule has 0 aliphatic rings. The number of hydrogen-bond donors (Lipinski definition) is 1. The summed E-state index contributed by atoms with van der Waals surface area (Å²) in [5.74, 6) is 2.31. The van der Waals surface area contributed by atoms with Crippen molar-refractivity contribution >= 4 is 5.97 Å². The van der Waals surface area contributed by atoms with Crippen molar-refractivity contribution in [2.75, 3.05) is 13.2 Å². The molecule has 0 radical (unpaired) electrons. The molecule has 0 aromatic carbocycles. The number of aliphatic hydroxyl groups excluding tert-OH is 1. The summed E-state index contributed by atoms with van der Waals surface area (Å²) < 4.78 is 4.85. The number of rotatable bonds is 17. The van der Waals surface area contributed by atoms with Crippen LogP contribution in [0.1, 0.15) is 105 Å². The second kappa shape index (κ2) is 17.3. The summed E-state index contributed by atoms with van der Waals surface area (Å²) in [6.45, 7) is 11.6. The van der Waals surface area contributed by atoms with Crippen LogP contribution in [0.25, 0.3) is 0 Å². The van der Waals surface area contributed by atoms with E-state index >= 15 is 0 Å². The minimum atomic E-state index is -0.222. The average Bonchev–Trinajstić information content (AvgIpc) is 2.59. The van der Waals surface area contributed by atoms with Crippen LogP contribution in [0.15, 0.2) is 11.6 Å². The fourth-order valence-electron chi connectivity index (χ4n) is 3.48. The zero-order chi connectivity index (χ0) is 20.5. The van der Waals surface area contributed by atoms with Gasteiger partial charge in [-0.25, -0.2) is 0 Å². The van der Waals surface area contributed by atoms with Crippen molar-refractivity contribution in [2.45, 2.75) is 105 Å². The van der Waals surface area contributed by atoms with Gasteiger partial charge in [0, 0.05) is 6.42 Å². The van der Waals surface area contributed by atoms with Gasteiger partial charge in [0.25, 0.3) is 0 Å². The fourth-order valence-corrected chi connectivity index (χ4v) is 3.48. The fraction of sp³-hybridized carbons (Fsp3) is 0.875. The molecule has 0 rings (SSSR count). The maximum atomic E-state index is 11.4. The van der Waals surface area contributed by atoms with Gasteiger partial charge in [0.1, 0.15) is 6.61 Å². The molecule has 0 spiro atoms. The zero-order valence-electron chi connectivity index (χ0n) is 18.8. The Morgan fingerprint density at radius 1 is 0.889 bits per heavy atom. The third-order valence-corrected chi connectivity index (χ3v) is 5.34. The number of carbonyl (C=O) groups is 1. The molecular weight excluding hydrogens is 336 g/mol. The lowest BCUT2D eigenvalue weighted by molar-refractivity contribution is -0.144. The molecule has 0 aliphatic carbocycles. The van der Waals surface area contributed by atoms with Crippen molar-refractivity contribution in [3.63, 3.8) is 0 Å². The highest BCUT2D eigenvalue weighted by molar-refractivity contribution is 5.69. The zero-order valence-corrected chi connectivity index (χ0v) is 18.8. The van der Waals surface area contributed by atoms with E-state index in [0.29, 0.717) is 6.42 Å². The number of ether oxygens (including phenoxy) is 1. The molecule has 0 bridgehead atoms. The van der Waals surface area contributed by atoms with Crippen molar-refractivity contribution in [3.05, 3.63) is 11.6 Å². The van der Waals surface area contributed by atoms with Gasteiger partial charge < -0.3 is 9.84 Å². The van der Waals surface area contributed by atoms with E-state index in [1.54, 1.807) is 0 Å². The third kappa shape index (κ3) is 18.3. The predicted molar refractivity (Wildman–Crippen MR) is 116 cm³/mol. The molecule has 1 N–H and O–H groups in total. The van der Waals surface area contributed by atoms with Crippen LogP contribution in [0.4, 0.5) is 0 Å². The summed E-state index contributed by atoms with van der Waals surface area (Å²) in [5, 5.41) is 8.61. The van der Waals surface area contributed by atoms with E-state index in [4.69, 9.17) is 9.84 Å². The smallest absolute Gasteiger partial charge is 0.306 e. The number of allylic oxidation sites excluding steroid dienone is 2. The van der Waals surface area contributed by atoms with E-state index in [1.807, 2.05) is 0 Å². The van der Waals surface area contributed by atoms with E-state index in [2.05, 4.69) is 40.7 Å². The lowest BCUT2D eigenvalue weighted by atomic mass is 9.91. The van der Waals surface area contributed by atoms with Crippen molar-refractivity contribution in [1.29, 1.82) is 0 Å². The molecule has 0 aromatic rings. The van der Waals surface area contributed by atoms with Gasteiger partial charge in [-0.1, -0.05) is 84.3 Å². The van der Waals surface area contributed by atoms with Gasteiger partial charge in [-0.2, -0.15) is 0 Å². The number of esters is 1. The third-order valence-electron chi connectivity index (χ3n) is 5.34. The monoisotopic (exact) mass is 382 g/mol. The lowest BCUT2D eigenvalue weighted by Crippen LogP contribution is -2.07. The largest absolute Gasteiger partial charge is 0.463 e. The molecule has 2 unspecified atom stereocenters. The first-order valence-electron chi connectivity index (χ1n) is 11.3. The Hall–Kier alpha value is -0.830. The van der Waals surface area contributed by atoms with Gasteiger partial charge in [-0.05, 0) is 43.9 Å². The first kappa shape index (κ1) is 26.2. The van der Waals surface area contributed by atoms with E-state index in [-0.39, 0.29) is 19.2 Å². The van der Waals surface area contributed by atoms with Crippen LogP contribution in [0, 0.1) is 17.8 Å². The molecule has 0 saturated heterocycles.